The molecular formula is C15H18N4O. The Morgan fingerprint density at radius 2 is 2.10 bits per heavy atom. The third-order valence-electron chi connectivity index (χ3n) is 3.62. The van der Waals surface area contributed by atoms with Gasteiger partial charge in [-0.2, -0.15) is 5.10 Å². The molecule has 1 fully saturated rings. The number of carbonyl (C=O) groups excluding carboxylic acids is 1. The number of amides is 1. The van der Waals surface area contributed by atoms with E-state index in [1.807, 2.05) is 35.2 Å². The maximum absolute atomic E-state index is 11.7. The van der Waals surface area contributed by atoms with Crippen LogP contribution in [0.3, 0.4) is 0 Å². The van der Waals surface area contributed by atoms with Gasteiger partial charge < -0.3 is 10.2 Å². The SMILES string of the molecule is CC(Nc1ccc(N2CCCC2=O)cc1)c1ccn[nH]1. The molecule has 5 heteroatoms. The molecule has 3 rings (SSSR count). The minimum atomic E-state index is 0.164. The van der Waals surface area contributed by atoms with Gasteiger partial charge in [0.25, 0.3) is 0 Å². The van der Waals surface area contributed by atoms with Gasteiger partial charge in [0.1, 0.15) is 0 Å². The van der Waals surface area contributed by atoms with Crippen molar-refractivity contribution in [2.45, 2.75) is 25.8 Å². The zero-order chi connectivity index (χ0) is 13.9. The maximum atomic E-state index is 11.7. The average molecular weight is 270 g/mol. The molecule has 1 aliphatic heterocycles. The van der Waals surface area contributed by atoms with Crippen LogP contribution < -0.4 is 10.2 Å². The first-order valence-corrected chi connectivity index (χ1v) is 6.90. The van der Waals surface area contributed by atoms with Gasteiger partial charge >= 0.3 is 0 Å². The zero-order valence-corrected chi connectivity index (χ0v) is 11.5. The second-order valence-corrected chi connectivity index (χ2v) is 5.07. The summed E-state index contributed by atoms with van der Waals surface area (Å²) in [5.74, 6) is 0.219. The number of hydrogen-bond acceptors (Lipinski definition) is 3. The smallest absolute Gasteiger partial charge is 0.227 e. The van der Waals surface area contributed by atoms with Crippen LogP contribution in [0.5, 0.6) is 0 Å². The molecule has 1 atom stereocenters. The Balaban J connectivity index is 1.68. The monoisotopic (exact) mass is 270 g/mol. The first-order chi connectivity index (χ1) is 9.74. The van der Waals surface area contributed by atoms with Gasteiger partial charge in [-0.1, -0.05) is 0 Å². The van der Waals surface area contributed by atoms with Crippen molar-refractivity contribution in [1.82, 2.24) is 10.2 Å². The summed E-state index contributed by atoms with van der Waals surface area (Å²) < 4.78 is 0. The fourth-order valence-corrected chi connectivity index (χ4v) is 2.49. The summed E-state index contributed by atoms with van der Waals surface area (Å²) in [5.41, 5.74) is 3.05. The molecule has 1 unspecified atom stereocenters. The number of benzene rings is 1. The van der Waals surface area contributed by atoms with E-state index < -0.39 is 0 Å². The van der Waals surface area contributed by atoms with Gasteiger partial charge in [-0.3, -0.25) is 9.89 Å². The Morgan fingerprint density at radius 1 is 1.30 bits per heavy atom. The molecule has 1 saturated heterocycles. The van der Waals surface area contributed by atoms with E-state index in [1.54, 1.807) is 6.20 Å². The quantitative estimate of drug-likeness (QED) is 0.898. The Bertz CT molecular complexity index is 576. The van der Waals surface area contributed by atoms with E-state index in [4.69, 9.17) is 0 Å². The van der Waals surface area contributed by atoms with Crippen LogP contribution in [0.4, 0.5) is 11.4 Å². The molecule has 1 aromatic carbocycles. The molecule has 2 aromatic rings. The van der Waals surface area contributed by atoms with Crippen LogP contribution in [0, 0.1) is 0 Å². The first-order valence-electron chi connectivity index (χ1n) is 6.90. The number of rotatable bonds is 4. The van der Waals surface area contributed by atoms with Crippen LogP contribution in [-0.4, -0.2) is 22.6 Å². The summed E-state index contributed by atoms with van der Waals surface area (Å²) in [6.45, 7) is 2.90. The standard InChI is InChI=1S/C15H18N4O/c1-11(14-8-9-16-18-14)17-12-4-6-13(7-5-12)19-10-2-3-15(19)20/h4-9,11,17H,2-3,10H2,1H3,(H,16,18). The van der Waals surface area contributed by atoms with Gasteiger partial charge in [-0.05, 0) is 43.7 Å². The number of aromatic amines is 1. The second-order valence-electron chi connectivity index (χ2n) is 5.07. The van der Waals surface area contributed by atoms with Crippen LogP contribution in [0.2, 0.25) is 0 Å². The predicted molar refractivity (Wildman–Crippen MR) is 78.7 cm³/mol. The average Bonchev–Trinajstić information content (AvgIpc) is 3.11. The summed E-state index contributed by atoms with van der Waals surface area (Å²) in [7, 11) is 0. The lowest BCUT2D eigenvalue weighted by Gasteiger charge is -2.17. The van der Waals surface area contributed by atoms with Crippen molar-refractivity contribution < 1.29 is 4.79 Å². The topological polar surface area (TPSA) is 61.0 Å². The number of nitrogens with zero attached hydrogens (tertiary/aromatic N) is 2. The number of carbonyl (C=O) groups is 1. The van der Waals surface area contributed by atoms with E-state index in [9.17, 15) is 4.79 Å². The summed E-state index contributed by atoms with van der Waals surface area (Å²) in [5, 5.41) is 10.3. The van der Waals surface area contributed by atoms with Crippen LogP contribution in [0.15, 0.2) is 36.5 Å². The van der Waals surface area contributed by atoms with E-state index in [-0.39, 0.29) is 11.9 Å². The normalized spacial score (nSPS) is 16.4. The third-order valence-corrected chi connectivity index (χ3v) is 3.62. The van der Waals surface area contributed by atoms with Gasteiger partial charge in [0.15, 0.2) is 0 Å². The van der Waals surface area contributed by atoms with Crippen LogP contribution in [0.25, 0.3) is 0 Å². The molecular weight excluding hydrogens is 252 g/mol. The summed E-state index contributed by atoms with van der Waals surface area (Å²) >= 11 is 0. The Hall–Kier alpha value is -2.30. The highest BCUT2D eigenvalue weighted by atomic mass is 16.2. The largest absolute Gasteiger partial charge is 0.377 e. The van der Waals surface area contributed by atoms with E-state index in [2.05, 4.69) is 22.4 Å². The Kier molecular flexibility index (Phi) is 3.41. The molecule has 0 bridgehead atoms. The number of H-pyrrole nitrogens is 1. The van der Waals surface area contributed by atoms with Crippen LogP contribution in [-0.2, 0) is 4.79 Å². The minimum absolute atomic E-state index is 0.164. The Morgan fingerprint density at radius 3 is 2.70 bits per heavy atom. The molecule has 20 heavy (non-hydrogen) atoms. The van der Waals surface area contributed by atoms with Crippen molar-refractivity contribution in [2.75, 3.05) is 16.8 Å². The number of nitrogens with one attached hydrogen (secondary N) is 2. The molecule has 1 amide bonds. The van der Waals surface area contributed by atoms with Gasteiger partial charge in [0.05, 0.1) is 11.7 Å². The van der Waals surface area contributed by atoms with Crippen molar-refractivity contribution >= 4 is 17.3 Å². The minimum Gasteiger partial charge on any atom is -0.377 e. The van der Waals surface area contributed by atoms with Crippen molar-refractivity contribution in [3.8, 4) is 0 Å². The number of anilines is 2. The van der Waals surface area contributed by atoms with Crippen LogP contribution in [0.1, 0.15) is 31.5 Å². The van der Waals surface area contributed by atoms with Gasteiger partial charge in [-0.25, -0.2) is 0 Å². The van der Waals surface area contributed by atoms with Crippen molar-refractivity contribution in [3.05, 3.63) is 42.2 Å². The summed E-state index contributed by atoms with van der Waals surface area (Å²) in [4.78, 5) is 13.5. The molecule has 0 radical (unpaired) electrons. The van der Waals surface area contributed by atoms with Gasteiger partial charge in [-0.15, -0.1) is 0 Å². The highest BCUT2D eigenvalue weighted by molar-refractivity contribution is 5.95. The molecule has 0 aliphatic carbocycles. The summed E-state index contributed by atoms with van der Waals surface area (Å²) in [6.07, 6.45) is 3.36. The lowest BCUT2D eigenvalue weighted by Crippen LogP contribution is -2.23. The van der Waals surface area contributed by atoms with E-state index in [0.29, 0.717) is 6.42 Å². The lowest BCUT2D eigenvalue weighted by molar-refractivity contribution is -0.117. The maximum Gasteiger partial charge on any atom is 0.227 e. The molecule has 2 N–H and O–H groups in total. The number of aromatic nitrogens is 2. The van der Waals surface area contributed by atoms with Crippen molar-refractivity contribution in [1.29, 1.82) is 0 Å². The summed E-state index contributed by atoms with van der Waals surface area (Å²) in [6, 6.07) is 10.1. The highest BCUT2D eigenvalue weighted by Gasteiger charge is 2.21. The van der Waals surface area contributed by atoms with Gasteiger partial charge in [0.2, 0.25) is 5.91 Å². The van der Waals surface area contributed by atoms with Crippen molar-refractivity contribution in [2.24, 2.45) is 0 Å². The molecule has 1 aromatic heterocycles. The zero-order valence-electron chi connectivity index (χ0n) is 11.5. The molecule has 1 aliphatic rings. The van der Waals surface area contributed by atoms with E-state index >= 15 is 0 Å². The molecule has 2 heterocycles. The molecule has 104 valence electrons. The third kappa shape index (κ3) is 2.52. The molecule has 5 nitrogen and oxygen atoms in total. The molecule has 0 saturated carbocycles. The van der Waals surface area contributed by atoms with E-state index in [0.717, 1.165) is 30.0 Å². The lowest BCUT2D eigenvalue weighted by atomic mass is 10.2. The molecule has 0 spiro atoms. The van der Waals surface area contributed by atoms with Crippen molar-refractivity contribution in [3.63, 3.8) is 0 Å². The second kappa shape index (κ2) is 5.36. The first kappa shape index (κ1) is 12.7. The van der Waals surface area contributed by atoms with Gasteiger partial charge in [0, 0.05) is 30.5 Å². The Labute approximate surface area is 118 Å². The fraction of sp³-hybridized carbons (Fsp3) is 0.333. The fourth-order valence-electron chi connectivity index (χ4n) is 2.49. The predicted octanol–water partition coefficient (Wildman–Crippen LogP) is 2.71. The number of hydrogen-bond donors (Lipinski definition) is 2. The highest BCUT2D eigenvalue weighted by Crippen LogP contribution is 2.24. The van der Waals surface area contributed by atoms with Crippen LogP contribution >= 0.6 is 0 Å². The van der Waals surface area contributed by atoms with E-state index in [1.165, 1.54) is 0 Å².